The maximum atomic E-state index is 13.2. The summed E-state index contributed by atoms with van der Waals surface area (Å²) in [7, 11) is 1.39. The summed E-state index contributed by atoms with van der Waals surface area (Å²) in [5, 5.41) is 12.9. The third-order valence-corrected chi connectivity index (χ3v) is 1.70. The molecule has 0 aliphatic rings. The largest absolute Gasteiger partial charge is 0.494 e. The molecule has 1 aromatic rings. The Labute approximate surface area is 94.0 Å². The normalized spacial score (nSPS) is 8.69. The van der Waals surface area contributed by atoms with E-state index in [4.69, 9.17) is 20.3 Å². The summed E-state index contributed by atoms with van der Waals surface area (Å²) in [4.78, 5) is 0. The fourth-order valence-electron chi connectivity index (χ4n) is 1.04. The quantitative estimate of drug-likeness (QED) is 0.614. The molecule has 0 radical (unpaired) electrons. The SMILES string of the molecule is C=N.CCOC(=N)c1ccc(OC)c(F)c1. The molecular formula is C11H15FN2O2. The molecular weight excluding hydrogens is 211 g/mol. The van der Waals surface area contributed by atoms with Gasteiger partial charge in [-0.15, -0.1) is 0 Å². The molecule has 0 saturated heterocycles. The molecule has 0 aliphatic heterocycles. The van der Waals surface area contributed by atoms with E-state index in [1.54, 1.807) is 13.0 Å². The Bertz CT molecular complexity index is 356. The summed E-state index contributed by atoms with van der Waals surface area (Å²) in [5.74, 6) is -0.360. The molecule has 1 aromatic carbocycles. The van der Waals surface area contributed by atoms with Crippen molar-refractivity contribution in [3.05, 3.63) is 29.6 Å². The molecule has 5 heteroatoms. The topological polar surface area (TPSA) is 66.2 Å². The average Bonchev–Trinajstić information content (AvgIpc) is 2.32. The van der Waals surface area contributed by atoms with E-state index in [1.165, 1.54) is 19.2 Å². The van der Waals surface area contributed by atoms with Crippen LogP contribution in [0.4, 0.5) is 4.39 Å². The standard InChI is InChI=1S/C10H12FNO2.CH3N/c1-3-14-10(12)7-4-5-9(13-2)8(11)6-7;1-2/h4-6,12H,3H2,1-2H3;2H,1H2. The van der Waals surface area contributed by atoms with Crippen LogP contribution >= 0.6 is 0 Å². The number of hydrogen-bond acceptors (Lipinski definition) is 4. The van der Waals surface area contributed by atoms with Crippen molar-refractivity contribution >= 4 is 12.6 Å². The molecule has 88 valence electrons. The lowest BCUT2D eigenvalue weighted by atomic mass is 10.2. The van der Waals surface area contributed by atoms with Gasteiger partial charge in [-0.1, -0.05) is 0 Å². The van der Waals surface area contributed by atoms with Crippen LogP contribution in [0.2, 0.25) is 0 Å². The zero-order valence-electron chi connectivity index (χ0n) is 9.34. The number of benzene rings is 1. The molecule has 0 aliphatic carbocycles. The van der Waals surface area contributed by atoms with Crippen molar-refractivity contribution in [2.75, 3.05) is 13.7 Å². The molecule has 0 atom stereocenters. The van der Waals surface area contributed by atoms with Gasteiger partial charge in [-0.2, -0.15) is 0 Å². The fraction of sp³-hybridized carbons (Fsp3) is 0.273. The lowest BCUT2D eigenvalue weighted by Gasteiger charge is -2.06. The molecule has 0 bridgehead atoms. The van der Waals surface area contributed by atoms with Gasteiger partial charge >= 0.3 is 0 Å². The number of ether oxygens (including phenoxy) is 2. The summed E-state index contributed by atoms with van der Waals surface area (Å²) in [6.45, 7) is 4.67. The van der Waals surface area contributed by atoms with Gasteiger partial charge in [0, 0.05) is 5.56 Å². The third kappa shape index (κ3) is 3.68. The van der Waals surface area contributed by atoms with Gasteiger partial charge in [0.2, 0.25) is 5.90 Å². The first kappa shape index (κ1) is 14.1. The van der Waals surface area contributed by atoms with Crippen molar-refractivity contribution < 1.29 is 13.9 Å². The first-order valence-corrected chi connectivity index (χ1v) is 4.59. The molecule has 1 rings (SSSR count). The van der Waals surface area contributed by atoms with Crippen molar-refractivity contribution in [3.8, 4) is 5.75 Å². The Kier molecular flexibility index (Phi) is 6.51. The van der Waals surface area contributed by atoms with E-state index in [9.17, 15) is 4.39 Å². The molecule has 0 unspecified atom stereocenters. The summed E-state index contributed by atoms with van der Waals surface area (Å²) < 4.78 is 22.9. The molecule has 0 spiro atoms. The van der Waals surface area contributed by atoms with Gasteiger partial charge in [0.1, 0.15) is 0 Å². The number of methoxy groups -OCH3 is 1. The van der Waals surface area contributed by atoms with Crippen LogP contribution in [0.1, 0.15) is 12.5 Å². The van der Waals surface area contributed by atoms with Crippen LogP contribution in [0, 0.1) is 16.6 Å². The molecule has 0 saturated carbocycles. The van der Waals surface area contributed by atoms with Crippen molar-refractivity contribution in [1.82, 2.24) is 0 Å². The van der Waals surface area contributed by atoms with Crippen LogP contribution in [0.5, 0.6) is 5.75 Å². The second kappa shape index (κ2) is 7.39. The van der Waals surface area contributed by atoms with Crippen LogP contribution in [-0.4, -0.2) is 26.3 Å². The van der Waals surface area contributed by atoms with Gasteiger partial charge in [0.25, 0.3) is 0 Å². The Morgan fingerprint density at radius 3 is 2.50 bits per heavy atom. The zero-order chi connectivity index (χ0) is 12.6. The zero-order valence-corrected chi connectivity index (χ0v) is 9.34. The molecule has 0 fully saturated rings. The summed E-state index contributed by atoms with van der Waals surface area (Å²) in [5.41, 5.74) is 0.408. The minimum atomic E-state index is -0.491. The maximum absolute atomic E-state index is 13.2. The van der Waals surface area contributed by atoms with E-state index < -0.39 is 5.82 Å². The van der Waals surface area contributed by atoms with Crippen LogP contribution < -0.4 is 4.74 Å². The monoisotopic (exact) mass is 226 g/mol. The number of rotatable bonds is 3. The average molecular weight is 226 g/mol. The Morgan fingerprint density at radius 2 is 2.06 bits per heavy atom. The van der Waals surface area contributed by atoms with Crippen LogP contribution in [0.15, 0.2) is 18.2 Å². The molecule has 0 aromatic heterocycles. The second-order valence-electron chi connectivity index (χ2n) is 2.61. The van der Waals surface area contributed by atoms with E-state index in [2.05, 4.69) is 6.72 Å². The molecule has 4 nitrogen and oxygen atoms in total. The second-order valence-corrected chi connectivity index (χ2v) is 2.61. The van der Waals surface area contributed by atoms with Gasteiger partial charge in [0.05, 0.1) is 13.7 Å². The minimum Gasteiger partial charge on any atom is -0.494 e. The molecule has 16 heavy (non-hydrogen) atoms. The summed E-state index contributed by atoms with van der Waals surface area (Å²) in [6.07, 6.45) is 0. The highest BCUT2D eigenvalue weighted by Crippen LogP contribution is 2.17. The minimum absolute atomic E-state index is 0.0333. The Hall–Kier alpha value is -1.91. The van der Waals surface area contributed by atoms with Gasteiger partial charge < -0.3 is 14.9 Å². The van der Waals surface area contributed by atoms with E-state index >= 15 is 0 Å². The number of nitrogens with one attached hydrogen (secondary N) is 2. The maximum Gasteiger partial charge on any atom is 0.213 e. The highest BCUT2D eigenvalue weighted by molar-refractivity contribution is 5.91. The van der Waals surface area contributed by atoms with Crippen molar-refractivity contribution in [1.29, 1.82) is 10.8 Å². The highest BCUT2D eigenvalue weighted by atomic mass is 19.1. The molecule has 0 heterocycles. The smallest absolute Gasteiger partial charge is 0.213 e. The first-order valence-electron chi connectivity index (χ1n) is 4.59. The molecule has 2 N–H and O–H groups in total. The summed E-state index contributed by atoms with van der Waals surface area (Å²) in [6, 6.07) is 4.27. The predicted octanol–water partition coefficient (Wildman–Crippen LogP) is 2.46. The van der Waals surface area contributed by atoms with Gasteiger partial charge in [-0.05, 0) is 31.8 Å². The lowest BCUT2D eigenvalue weighted by molar-refractivity contribution is 0.325. The van der Waals surface area contributed by atoms with Gasteiger partial charge in [-0.3, -0.25) is 5.41 Å². The van der Waals surface area contributed by atoms with Gasteiger partial charge in [-0.25, -0.2) is 4.39 Å². The van der Waals surface area contributed by atoms with E-state index in [1.807, 2.05) is 0 Å². The van der Waals surface area contributed by atoms with Crippen LogP contribution in [-0.2, 0) is 4.74 Å². The third-order valence-electron chi connectivity index (χ3n) is 1.70. The van der Waals surface area contributed by atoms with Crippen LogP contribution in [0.25, 0.3) is 0 Å². The Morgan fingerprint density at radius 1 is 1.44 bits per heavy atom. The van der Waals surface area contributed by atoms with E-state index in [0.29, 0.717) is 12.2 Å². The van der Waals surface area contributed by atoms with E-state index in [0.717, 1.165) is 0 Å². The number of halogens is 1. The lowest BCUT2D eigenvalue weighted by Crippen LogP contribution is -2.05. The fourth-order valence-corrected chi connectivity index (χ4v) is 1.04. The highest BCUT2D eigenvalue weighted by Gasteiger charge is 2.07. The summed E-state index contributed by atoms with van der Waals surface area (Å²) >= 11 is 0. The van der Waals surface area contributed by atoms with Crippen LogP contribution in [0.3, 0.4) is 0 Å². The van der Waals surface area contributed by atoms with Crippen molar-refractivity contribution in [2.45, 2.75) is 6.92 Å². The number of hydrogen-bond donors (Lipinski definition) is 2. The van der Waals surface area contributed by atoms with Crippen molar-refractivity contribution in [3.63, 3.8) is 0 Å². The first-order chi connectivity index (χ1) is 7.69. The predicted molar refractivity (Wildman–Crippen MR) is 61.2 cm³/mol. The van der Waals surface area contributed by atoms with E-state index in [-0.39, 0.29) is 11.6 Å². The molecule has 0 amide bonds. The Balaban J connectivity index is 0.00000106. The van der Waals surface area contributed by atoms with Crippen molar-refractivity contribution in [2.24, 2.45) is 0 Å². The van der Waals surface area contributed by atoms with Gasteiger partial charge in [0.15, 0.2) is 11.6 Å².